The number of pyridine rings is 1. The van der Waals surface area contributed by atoms with E-state index in [1.807, 2.05) is 30.3 Å². The molecule has 0 amide bonds. The van der Waals surface area contributed by atoms with Crippen molar-refractivity contribution in [3.05, 3.63) is 76.6 Å². The molecule has 0 aliphatic heterocycles. The molecule has 0 fully saturated rings. The van der Waals surface area contributed by atoms with Crippen LogP contribution in [0, 0.1) is 0 Å². The van der Waals surface area contributed by atoms with Crippen molar-refractivity contribution in [3.63, 3.8) is 0 Å². The maximum Gasteiger partial charge on any atom is 0.191 e. The number of furan rings is 1. The van der Waals surface area contributed by atoms with E-state index in [1.165, 1.54) is 4.88 Å². The Morgan fingerprint density at radius 2 is 2.08 bits per heavy atom. The third kappa shape index (κ3) is 6.87. The molecule has 3 aromatic heterocycles. The maximum atomic E-state index is 5.35. The molecule has 0 aromatic carbocycles. The van der Waals surface area contributed by atoms with Crippen molar-refractivity contribution >= 4 is 41.3 Å². The van der Waals surface area contributed by atoms with Crippen LogP contribution in [0.15, 0.2) is 69.7 Å². The van der Waals surface area contributed by atoms with E-state index in [4.69, 9.17) is 4.42 Å². The SMILES string of the molecule is I.c1ccc(CN=C(NCCc2ccco2)NCc2cccs2)nc1. The van der Waals surface area contributed by atoms with Gasteiger partial charge in [-0.1, -0.05) is 12.1 Å². The van der Waals surface area contributed by atoms with Gasteiger partial charge in [-0.15, -0.1) is 35.3 Å². The highest BCUT2D eigenvalue weighted by molar-refractivity contribution is 14.0. The summed E-state index contributed by atoms with van der Waals surface area (Å²) < 4.78 is 5.35. The smallest absolute Gasteiger partial charge is 0.191 e. The number of thiophene rings is 1. The molecule has 3 rings (SSSR count). The summed E-state index contributed by atoms with van der Waals surface area (Å²) in [6.07, 6.45) is 4.30. The molecule has 0 unspecified atom stereocenters. The summed E-state index contributed by atoms with van der Waals surface area (Å²) in [6.45, 7) is 2.06. The van der Waals surface area contributed by atoms with E-state index in [9.17, 15) is 0 Å². The molecule has 2 N–H and O–H groups in total. The van der Waals surface area contributed by atoms with E-state index in [0.29, 0.717) is 6.54 Å². The van der Waals surface area contributed by atoms with Crippen LogP contribution in [0.2, 0.25) is 0 Å². The molecule has 7 heteroatoms. The fraction of sp³-hybridized carbons (Fsp3) is 0.222. The molecule has 25 heavy (non-hydrogen) atoms. The van der Waals surface area contributed by atoms with Gasteiger partial charge in [0.25, 0.3) is 0 Å². The summed E-state index contributed by atoms with van der Waals surface area (Å²) in [6, 6.07) is 13.9. The Labute approximate surface area is 168 Å². The summed E-state index contributed by atoms with van der Waals surface area (Å²) in [4.78, 5) is 10.2. The molecule has 0 atom stereocenters. The van der Waals surface area contributed by atoms with Crippen LogP contribution >= 0.6 is 35.3 Å². The zero-order valence-corrected chi connectivity index (χ0v) is 16.9. The topological polar surface area (TPSA) is 62.5 Å². The fourth-order valence-corrected chi connectivity index (χ4v) is 2.81. The average molecular weight is 468 g/mol. The summed E-state index contributed by atoms with van der Waals surface area (Å²) in [5.74, 6) is 1.74. The van der Waals surface area contributed by atoms with Gasteiger partial charge in [-0.3, -0.25) is 4.98 Å². The second-order valence-electron chi connectivity index (χ2n) is 5.17. The van der Waals surface area contributed by atoms with Crippen LogP contribution in [0.5, 0.6) is 0 Å². The van der Waals surface area contributed by atoms with E-state index in [-0.39, 0.29) is 24.0 Å². The van der Waals surface area contributed by atoms with Crippen LogP contribution in [-0.2, 0) is 19.5 Å². The molecule has 0 bridgehead atoms. The number of nitrogens with zero attached hydrogens (tertiary/aromatic N) is 2. The van der Waals surface area contributed by atoms with Gasteiger partial charge >= 0.3 is 0 Å². The lowest BCUT2D eigenvalue weighted by atomic mass is 10.3. The van der Waals surface area contributed by atoms with Crippen LogP contribution in [0.1, 0.15) is 16.3 Å². The number of aliphatic imine (C=N–C) groups is 1. The summed E-state index contributed by atoms with van der Waals surface area (Å²) in [5.41, 5.74) is 0.945. The second-order valence-corrected chi connectivity index (χ2v) is 6.21. The minimum Gasteiger partial charge on any atom is -0.469 e. The lowest BCUT2D eigenvalue weighted by Crippen LogP contribution is -2.38. The van der Waals surface area contributed by atoms with Crippen molar-refractivity contribution in [3.8, 4) is 0 Å². The van der Waals surface area contributed by atoms with Gasteiger partial charge in [0.05, 0.1) is 25.0 Å². The molecule has 0 radical (unpaired) electrons. The number of hydrogen-bond acceptors (Lipinski definition) is 4. The average Bonchev–Trinajstić information content (AvgIpc) is 3.31. The molecule has 0 aliphatic carbocycles. The maximum absolute atomic E-state index is 5.35. The Morgan fingerprint density at radius 3 is 2.80 bits per heavy atom. The number of aromatic nitrogens is 1. The van der Waals surface area contributed by atoms with E-state index >= 15 is 0 Å². The molecule has 0 aliphatic rings. The first-order chi connectivity index (χ1) is 11.9. The van der Waals surface area contributed by atoms with Gasteiger partial charge in [-0.25, -0.2) is 4.99 Å². The van der Waals surface area contributed by atoms with E-state index < -0.39 is 0 Å². The van der Waals surface area contributed by atoms with Crippen LogP contribution < -0.4 is 10.6 Å². The van der Waals surface area contributed by atoms with Gasteiger partial charge < -0.3 is 15.1 Å². The highest BCUT2D eigenvalue weighted by Crippen LogP contribution is 2.07. The summed E-state index contributed by atoms with van der Waals surface area (Å²) >= 11 is 1.73. The van der Waals surface area contributed by atoms with Crippen molar-refractivity contribution in [2.24, 2.45) is 4.99 Å². The molecular formula is C18H21IN4OS. The number of guanidine groups is 1. The molecule has 5 nitrogen and oxygen atoms in total. The van der Waals surface area contributed by atoms with Gasteiger partial charge in [-0.05, 0) is 35.7 Å². The third-order valence-corrected chi connectivity index (χ3v) is 4.26. The normalized spacial score (nSPS) is 11.0. The second kappa shape index (κ2) is 10.9. The van der Waals surface area contributed by atoms with Crippen molar-refractivity contribution in [2.45, 2.75) is 19.5 Å². The molecule has 0 spiro atoms. The van der Waals surface area contributed by atoms with E-state index in [0.717, 1.165) is 36.9 Å². The Bertz CT molecular complexity index is 730. The molecule has 3 aromatic rings. The first-order valence-electron chi connectivity index (χ1n) is 7.87. The Hall–Kier alpha value is -1.87. The van der Waals surface area contributed by atoms with Crippen LogP contribution in [-0.4, -0.2) is 17.5 Å². The Kier molecular flexibility index (Phi) is 8.47. The molecule has 132 valence electrons. The van der Waals surface area contributed by atoms with Crippen molar-refractivity contribution < 1.29 is 4.42 Å². The predicted molar refractivity (Wildman–Crippen MR) is 112 cm³/mol. The van der Waals surface area contributed by atoms with Gasteiger partial charge in [0.2, 0.25) is 0 Å². The quantitative estimate of drug-likeness (QED) is 0.314. The van der Waals surface area contributed by atoms with Gasteiger partial charge in [0.1, 0.15) is 5.76 Å². The molecule has 0 saturated heterocycles. The largest absolute Gasteiger partial charge is 0.469 e. The molecule has 0 saturated carbocycles. The van der Waals surface area contributed by atoms with Crippen molar-refractivity contribution in [2.75, 3.05) is 6.54 Å². The lowest BCUT2D eigenvalue weighted by molar-refractivity contribution is 0.506. The lowest BCUT2D eigenvalue weighted by Gasteiger charge is -2.11. The monoisotopic (exact) mass is 468 g/mol. The number of nitrogens with one attached hydrogen (secondary N) is 2. The number of rotatable bonds is 7. The van der Waals surface area contributed by atoms with Crippen molar-refractivity contribution in [1.29, 1.82) is 0 Å². The zero-order valence-electron chi connectivity index (χ0n) is 13.7. The predicted octanol–water partition coefficient (Wildman–Crippen LogP) is 3.83. The van der Waals surface area contributed by atoms with Gasteiger partial charge in [-0.2, -0.15) is 0 Å². The van der Waals surface area contributed by atoms with Gasteiger partial charge in [0.15, 0.2) is 5.96 Å². The highest BCUT2D eigenvalue weighted by atomic mass is 127. The number of halogens is 1. The van der Waals surface area contributed by atoms with Crippen LogP contribution in [0.25, 0.3) is 0 Å². The van der Waals surface area contributed by atoms with Crippen molar-refractivity contribution in [1.82, 2.24) is 15.6 Å². The number of hydrogen-bond donors (Lipinski definition) is 2. The minimum atomic E-state index is 0. The first kappa shape index (κ1) is 19.5. The van der Waals surface area contributed by atoms with Crippen LogP contribution in [0.3, 0.4) is 0 Å². The van der Waals surface area contributed by atoms with Crippen LogP contribution in [0.4, 0.5) is 0 Å². The van der Waals surface area contributed by atoms with E-state index in [2.05, 4.69) is 38.1 Å². The first-order valence-corrected chi connectivity index (χ1v) is 8.75. The van der Waals surface area contributed by atoms with Gasteiger partial charge in [0, 0.05) is 24.0 Å². The summed E-state index contributed by atoms with van der Waals surface area (Å²) in [5, 5.41) is 8.79. The Balaban J connectivity index is 0.00000225. The third-order valence-electron chi connectivity index (χ3n) is 3.38. The summed E-state index contributed by atoms with van der Waals surface area (Å²) in [7, 11) is 0. The highest BCUT2D eigenvalue weighted by Gasteiger charge is 2.02. The Morgan fingerprint density at radius 1 is 1.12 bits per heavy atom. The minimum absolute atomic E-state index is 0. The van der Waals surface area contributed by atoms with E-state index in [1.54, 1.807) is 23.8 Å². The molecule has 3 heterocycles. The fourth-order valence-electron chi connectivity index (χ4n) is 2.17. The standard InChI is InChI=1S/C18H20N4OS.HI/c1-2-9-19-15(5-1)13-21-18(22-14-17-7-4-12-24-17)20-10-8-16-6-3-11-23-16;/h1-7,9,11-12H,8,10,13-14H2,(H2,20,21,22);1H. The molecular weight excluding hydrogens is 447 g/mol. The zero-order chi connectivity index (χ0) is 16.5.